The third kappa shape index (κ3) is 2.68. The molecule has 0 radical (unpaired) electrons. The average Bonchev–Trinajstić information content (AvgIpc) is 3.24. The molecule has 2 aromatic heterocycles. The molecule has 0 bridgehead atoms. The molecule has 6 nitrogen and oxygen atoms in total. The van der Waals surface area contributed by atoms with Gasteiger partial charge in [0.2, 0.25) is 0 Å². The van der Waals surface area contributed by atoms with Gasteiger partial charge in [-0.05, 0) is 26.7 Å². The van der Waals surface area contributed by atoms with Gasteiger partial charge in [-0.3, -0.25) is 4.79 Å². The number of carbonyl (C=O) groups is 1. The largest absolute Gasteiger partial charge is 0.367 e. The zero-order valence-electron chi connectivity index (χ0n) is 13.2. The molecule has 0 aromatic carbocycles. The van der Waals surface area contributed by atoms with E-state index in [1.807, 2.05) is 11.8 Å². The number of hydrogen-bond acceptors (Lipinski definition) is 6. The number of aromatic nitrogens is 2. The van der Waals surface area contributed by atoms with E-state index in [0.29, 0.717) is 23.8 Å². The van der Waals surface area contributed by atoms with Crippen LogP contribution in [0.25, 0.3) is 0 Å². The second-order valence-corrected chi connectivity index (χ2v) is 7.21. The maximum Gasteiger partial charge on any atom is 0.259 e. The van der Waals surface area contributed by atoms with Gasteiger partial charge in [0.25, 0.3) is 5.91 Å². The van der Waals surface area contributed by atoms with Crippen LogP contribution in [0.15, 0.2) is 16.1 Å². The molecule has 3 atom stereocenters. The van der Waals surface area contributed by atoms with E-state index in [4.69, 9.17) is 9.26 Å². The molecule has 0 unspecified atom stereocenters. The van der Waals surface area contributed by atoms with Crippen LogP contribution in [0.3, 0.4) is 0 Å². The highest BCUT2D eigenvalue weighted by Gasteiger charge is 2.42. The Bertz CT molecular complexity index is 726. The lowest BCUT2D eigenvalue weighted by Crippen LogP contribution is -2.44. The molecular weight excluding hydrogens is 314 g/mol. The van der Waals surface area contributed by atoms with Gasteiger partial charge in [0, 0.05) is 30.1 Å². The van der Waals surface area contributed by atoms with E-state index in [-0.39, 0.29) is 18.1 Å². The molecule has 2 aliphatic heterocycles. The Hall–Kier alpha value is -1.73. The average molecular weight is 333 g/mol. The highest BCUT2D eigenvalue weighted by atomic mass is 32.1. The molecule has 0 spiro atoms. The van der Waals surface area contributed by atoms with Crippen molar-refractivity contribution >= 4 is 17.2 Å². The standard InChI is InChI=1S/C16H19N3O3S/c1-9-8-23-15(18-9)14-5-11-7-19(4-3-13(11)21-14)16(20)12-6-17-22-10(12)2/h6,8,11,13-14H,3-5,7H2,1-2H3/t11-,13-,14+/m0/s1. The Morgan fingerprint density at radius 2 is 2.30 bits per heavy atom. The SMILES string of the molecule is Cc1csc([C@H]2C[C@H]3CN(C(=O)c4cnoc4C)CC[C@@H]3O2)n1. The number of aryl methyl sites for hydroxylation is 2. The molecule has 4 heterocycles. The summed E-state index contributed by atoms with van der Waals surface area (Å²) in [6.45, 7) is 5.22. The van der Waals surface area contributed by atoms with Gasteiger partial charge < -0.3 is 14.2 Å². The quantitative estimate of drug-likeness (QED) is 0.845. The van der Waals surface area contributed by atoms with Crippen molar-refractivity contribution < 1.29 is 14.1 Å². The number of nitrogens with zero attached hydrogens (tertiary/aromatic N) is 3. The second-order valence-electron chi connectivity index (χ2n) is 6.32. The van der Waals surface area contributed by atoms with Gasteiger partial charge >= 0.3 is 0 Å². The van der Waals surface area contributed by atoms with Crippen LogP contribution in [-0.4, -0.2) is 40.1 Å². The lowest BCUT2D eigenvalue weighted by molar-refractivity contribution is 0.00217. The molecule has 23 heavy (non-hydrogen) atoms. The number of hydrogen-bond donors (Lipinski definition) is 0. The highest BCUT2D eigenvalue weighted by molar-refractivity contribution is 7.09. The van der Waals surface area contributed by atoms with Crippen molar-refractivity contribution in [3.63, 3.8) is 0 Å². The lowest BCUT2D eigenvalue weighted by atomic mass is 9.92. The molecule has 0 saturated carbocycles. The summed E-state index contributed by atoms with van der Waals surface area (Å²) in [7, 11) is 0. The summed E-state index contributed by atoms with van der Waals surface area (Å²) in [5, 5.41) is 6.82. The van der Waals surface area contributed by atoms with Crippen molar-refractivity contribution in [2.24, 2.45) is 5.92 Å². The van der Waals surface area contributed by atoms with Crippen molar-refractivity contribution in [2.75, 3.05) is 13.1 Å². The summed E-state index contributed by atoms with van der Waals surface area (Å²) in [4.78, 5) is 19.1. The van der Waals surface area contributed by atoms with Gasteiger partial charge in [-0.1, -0.05) is 5.16 Å². The number of fused-ring (bicyclic) bond motifs is 1. The highest BCUT2D eigenvalue weighted by Crippen LogP contribution is 2.41. The summed E-state index contributed by atoms with van der Waals surface area (Å²) in [6.07, 6.45) is 3.63. The fourth-order valence-electron chi connectivity index (χ4n) is 3.50. The minimum Gasteiger partial charge on any atom is -0.367 e. The third-order valence-corrected chi connectivity index (χ3v) is 5.76. The smallest absolute Gasteiger partial charge is 0.259 e. The van der Waals surface area contributed by atoms with Gasteiger partial charge in [-0.25, -0.2) is 4.98 Å². The van der Waals surface area contributed by atoms with E-state index < -0.39 is 0 Å². The van der Waals surface area contributed by atoms with Crippen LogP contribution >= 0.6 is 11.3 Å². The number of likely N-dealkylation sites (tertiary alicyclic amines) is 1. The zero-order chi connectivity index (χ0) is 16.0. The van der Waals surface area contributed by atoms with Gasteiger partial charge in [0.15, 0.2) is 0 Å². The van der Waals surface area contributed by atoms with Crippen molar-refractivity contribution in [3.05, 3.63) is 33.6 Å². The number of piperidine rings is 1. The first-order valence-corrected chi connectivity index (χ1v) is 8.78. The van der Waals surface area contributed by atoms with E-state index in [2.05, 4.69) is 15.5 Å². The molecule has 2 aliphatic rings. The van der Waals surface area contributed by atoms with Crippen LogP contribution in [0, 0.1) is 19.8 Å². The maximum absolute atomic E-state index is 12.6. The molecule has 2 saturated heterocycles. The van der Waals surface area contributed by atoms with Crippen LogP contribution in [0.2, 0.25) is 0 Å². The molecule has 2 aromatic rings. The Morgan fingerprint density at radius 1 is 1.43 bits per heavy atom. The predicted molar refractivity (Wildman–Crippen MR) is 84.3 cm³/mol. The van der Waals surface area contributed by atoms with Crippen LogP contribution in [0.1, 0.15) is 45.8 Å². The minimum absolute atomic E-state index is 0.00995. The summed E-state index contributed by atoms with van der Waals surface area (Å²) in [5.41, 5.74) is 1.61. The monoisotopic (exact) mass is 333 g/mol. The van der Waals surface area contributed by atoms with E-state index in [1.165, 1.54) is 6.20 Å². The van der Waals surface area contributed by atoms with Crippen LogP contribution in [0.5, 0.6) is 0 Å². The number of carbonyl (C=O) groups excluding carboxylic acids is 1. The van der Waals surface area contributed by atoms with Crippen LogP contribution in [-0.2, 0) is 4.74 Å². The van der Waals surface area contributed by atoms with Crippen molar-refractivity contribution in [3.8, 4) is 0 Å². The Kier molecular flexibility index (Phi) is 3.69. The van der Waals surface area contributed by atoms with E-state index in [9.17, 15) is 4.79 Å². The summed E-state index contributed by atoms with van der Waals surface area (Å²) < 4.78 is 11.2. The normalized spacial score (nSPS) is 27.2. The molecular formula is C16H19N3O3S. The molecule has 4 rings (SSSR count). The summed E-state index contributed by atoms with van der Waals surface area (Å²) in [6, 6.07) is 0. The van der Waals surface area contributed by atoms with Gasteiger partial charge in [0.05, 0.1) is 12.3 Å². The van der Waals surface area contributed by atoms with Crippen molar-refractivity contribution in [1.82, 2.24) is 15.0 Å². The number of thiazole rings is 1. The predicted octanol–water partition coefficient (Wildman–Crippen LogP) is 2.74. The molecule has 122 valence electrons. The van der Waals surface area contributed by atoms with Crippen LogP contribution in [0.4, 0.5) is 0 Å². The lowest BCUT2D eigenvalue weighted by Gasteiger charge is -2.33. The number of ether oxygens (including phenoxy) is 1. The van der Waals surface area contributed by atoms with E-state index in [0.717, 1.165) is 30.1 Å². The molecule has 0 aliphatic carbocycles. The Labute approximate surface area is 138 Å². The van der Waals surface area contributed by atoms with Crippen molar-refractivity contribution in [2.45, 2.75) is 38.9 Å². The Morgan fingerprint density at radius 3 is 3.00 bits per heavy atom. The first kappa shape index (κ1) is 14.8. The van der Waals surface area contributed by atoms with E-state index >= 15 is 0 Å². The fourth-order valence-corrected chi connectivity index (χ4v) is 4.34. The van der Waals surface area contributed by atoms with Crippen LogP contribution < -0.4 is 0 Å². The topological polar surface area (TPSA) is 68.5 Å². The molecule has 2 fully saturated rings. The second kappa shape index (κ2) is 5.72. The first-order valence-electron chi connectivity index (χ1n) is 7.90. The summed E-state index contributed by atoms with van der Waals surface area (Å²) >= 11 is 1.66. The van der Waals surface area contributed by atoms with Crippen molar-refractivity contribution in [1.29, 1.82) is 0 Å². The fraction of sp³-hybridized carbons (Fsp3) is 0.562. The minimum atomic E-state index is 0.00995. The number of amides is 1. The maximum atomic E-state index is 12.6. The molecule has 7 heteroatoms. The van der Waals surface area contributed by atoms with Gasteiger partial charge in [-0.15, -0.1) is 11.3 Å². The van der Waals surface area contributed by atoms with Gasteiger partial charge in [-0.2, -0.15) is 0 Å². The number of rotatable bonds is 2. The zero-order valence-corrected chi connectivity index (χ0v) is 14.0. The molecule has 0 N–H and O–H groups in total. The van der Waals surface area contributed by atoms with Gasteiger partial charge in [0.1, 0.15) is 22.4 Å². The summed E-state index contributed by atoms with van der Waals surface area (Å²) in [5.74, 6) is 0.966. The third-order valence-electron chi connectivity index (χ3n) is 4.70. The first-order chi connectivity index (χ1) is 11.1. The Balaban J connectivity index is 1.45. The van der Waals surface area contributed by atoms with E-state index in [1.54, 1.807) is 18.3 Å². The molecule has 1 amide bonds.